The Morgan fingerprint density at radius 1 is 1.37 bits per heavy atom. The van der Waals surface area contributed by atoms with Crippen molar-refractivity contribution in [1.82, 2.24) is 15.2 Å². The summed E-state index contributed by atoms with van der Waals surface area (Å²) < 4.78 is 41.6. The van der Waals surface area contributed by atoms with Gasteiger partial charge in [-0.15, -0.1) is 11.3 Å². The molecule has 0 radical (unpaired) electrons. The first-order chi connectivity index (χ1) is 12.7. The molecule has 2 amide bonds. The molecule has 27 heavy (non-hydrogen) atoms. The Morgan fingerprint density at radius 2 is 2.15 bits per heavy atom. The Balaban J connectivity index is 1.67. The third-order valence-corrected chi connectivity index (χ3v) is 4.15. The van der Waals surface area contributed by atoms with E-state index in [-0.39, 0.29) is 31.2 Å². The van der Waals surface area contributed by atoms with Gasteiger partial charge < -0.3 is 9.73 Å². The third kappa shape index (κ3) is 7.79. The minimum absolute atomic E-state index is 0.0194. The van der Waals surface area contributed by atoms with Gasteiger partial charge in [-0.2, -0.15) is 13.2 Å². The number of nitrogens with one attached hydrogen (secondary N) is 2. The van der Waals surface area contributed by atoms with Crippen LogP contribution in [0.2, 0.25) is 0 Å². The number of thiazole rings is 1. The van der Waals surface area contributed by atoms with Crippen LogP contribution in [0, 0.1) is 0 Å². The van der Waals surface area contributed by atoms with Crippen molar-refractivity contribution in [2.45, 2.75) is 19.0 Å². The molecular weight excluding hydrogens is 385 g/mol. The Labute approximate surface area is 157 Å². The second kappa shape index (κ2) is 9.51. The van der Waals surface area contributed by atoms with E-state index in [9.17, 15) is 22.8 Å². The maximum absolute atomic E-state index is 12.2. The molecule has 0 fully saturated rings. The van der Waals surface area contributed by atoms with Gasteiger partial charge in [0.25, 0.3) is 5.91 Å². The number of carbonyl (C=O) groups is 2. The highest BCUT2D eigenvalue weighted by atomic mass is 32.1. The summed E-state index contributed by atoms with van der Waals surface area (Å²) in [4.78, 5) is 29.0. The summed E-state index contributed by atoms with van der Waals surface area (Å²) in [7, 11) is 1.38. The number of anilines is 1. The molecule has 0 aromatic carbocycles. The molecule has 0 bridgehead atoms. The third-order valence-electron chi connectivity index (χ3n) is 3.35. The number of halogens is 3. The van der Waals surface area contributed by atoms with E-state index in [1.807, 2.05) is 0 Å². The number of carbonyl (C=O) groups excluding carboxylic acids is 2. The fourth-order valence-corrected chi connectivity index (χ4v) is 2.91. The zero-order valence-electron chi connectivity index (χ0n) is 14.5. The molecule has 0 saturated heterocycles. The zero-order chi connectivity index (χ0) is 19.9. The lowest BCUT2D eigenvalue weighted by molar-refractivity contribution is -0.143. The highest BCUT2D eigenvalue weighted by molar-refractivity contribution is 7.14. The normalized spacial score (nSPS) is 11.6. The van der Waals surface area contributed by atoms with E-state index in [1.165, 1.54) is 30.7 Å². The molecule has 0 unspecified atom stereocenters. The highest BCUT2D eigenvalue weighted by Gasteiger charge is 2.28. The van der Waals surface area contributed by atoms with Crippen molar-refractivity contribution in [1.29, 1.82) is 0 Å². The molecule has 7 nitrogen and oxygen atoms in total. The van der Waals surface area contributed by atoms with Crippen molar-refractivity contribution < 1.29 is 27.2 Å². The number of nitrogens with zero attached hydrogens (tertiary/aromatic N) is 2. The summed E-state index contributed by atoms with van der Waals surface area (Å²) in [6.07, 6.45) is -2.43. The molecule has 0 aliphatic carbocycles. The van der Waals surface area contributed by atoms with E-state index in [1.54, 1.807) is 11.4 Å². The van der Waals surface area contributed by atoms with Crippen LogP contribution in [0.3, 0.4) is 0 Å². The molecule has 0 spiro atoms. The topological polar surface area (TPSA) is 87.5 Å². The van der Waals surface area contributed by atoms with Crippen molar-refractivity contribution in [2.24, 2.45) is 0 Å². The van der Waals surface area contributed by atoms with E-state index in [4.69, 9.17) is 4.42 Å². The lowest BCUT2D eigenvalue weighted by Gasteiger charge is -2.18. The molecule has 0 aliphatic rings. The van der Waals surface area contributed by atoms with Gasteiger partial charge in [0.15, 0.2) is 10.9 Å². The average Bonchev–Trinajstić information content (AvgIpc) is 3.22. The van der Waals surface area contributed by atoms with E-state index in [2.05, 4.69) is 15.6 Å². The largest absolute Gasteiger partial charge is 0.459 e. The van der Waals surface area contributed by atoms with Crippen LogP contribution in [0.25, 0.3) is 0 Å². The van der Waals surface area contributed by atoms with Crippen LogP contribution in [-0.4, -0.2) is 54.6 Å². The summed E-state index contributed by atoms with van der Waals surface area (Å²) in [6.45, 7) is -0.487. The Kier molecular flexibility index (Phi) is 7.36. The van der Waals surface area contributed by atoms with E-state index in [0.29, 0.717) is 17.2 Å². The number of aromatic nitrogens is 1. The Hall–Kier alpha value is -2.40. The fraction of sp³-hybridized carbons (Fsp3) is 0.438. The van der Waals surface area contributed by atoms with Crippen LogP contribution in [0.5, 0.6) is 0 Å². The van der Waals surface area contributed by atoms with Gasteiger partial charge in [-0.05, 0) is 32.1 Å². The average molecular weight is 404 g/mol. The van der Waals surface area contributed by atoms with Crippen LogP contribution in [-0.2, 0) is 11.2 Å². The summed E-state index contributed by atoms with van der Waals surface area (Å²) >= 11 is 1.18. The van der Waals surface area contributed by atoms with Gasteiger partial charge in [0.05, 0.1) is 24.9 Å². The minimum atomic E-state index is -4.23. The summed E-state index contributed by atoms with van der Waals surface area (Å²) in [5, 5.41) is 7.19. The second-order valence-corrected chi connectivity index (χ2v) is 6.67. The lowest BCUT2D eigenvalue weighted by atomic mass is 10.3. The molecule has 2 aromatic heterocycles. The van der Waals surface area contributed by atoms with E-state index >= 15 is 0 Å². The van der Waals surface area contributed by atoms with Crippen molar-refractivity contribution >= 4 is 28.3 Å². The van der Waals surface area contributed by atoms with Crippen LogP contribution < -0.4 is 10.6 Å². The maximum Gasteiger partial charge on any atom is 0.401 e. The SMILES string of the molecule is CN(CCCNC(=O)Cc1csc(NC(=O)c2ccco2)n1)CC(F)(F)F. The number of furan rings is 1. The van der Waals surface area contributed by atoms with Gasteiger partial charge in [-0.25, -0.2) is 4.98 Å². The smallest absolute Gasteiger partial charge is 0.401 e. The maximum atomic E-state index is 12.2. The van der Waals surface area contributed by atoms with Crippen molar-refractivity contribution in [2.75, 3.05) is 32.0 Å². The van der Waals surface area contributed by atoms with Crippen molar-refractivity contribution in [3.8, 4) is 0 Å². The van der Waals surface area contributed by atoms with Crippen molar-refractivity contribution in [3.05, 3.63) is 35.2 Å². The number of hydrogen-bond donors (Lipinski definition) is 2. The van der Waals surface area contributed by atoms with Crippen LogP contribution in [0.15, 0.2) is 28.2 Å². The van der Waals surface area contributed by atoms with Gasteiger partial charge in [0.1, 0.15) is 0 Å². The number of amides is 2. The summed E-state index contributed by atoms with van der Waals surface area (Å²) in [6, 6.07) is 3.11. The lowest BCUT2D eigenvalue weighted by Crippen LogP contribution is -2.34. The van der Waals surface area contributed by atoms with Crippen LogP contribution in [0.1, 0.15) is 22.7 Å². The van der Waals surface area contributed by atoms with Gasteiger partial charge in [0, 0.05) is 11.9 Å². The number of hydrogen-bond acceptors (Lipinski definition) is 6. The minimum Gasteiger partial charge on any atom is -0.459 e. The first kappa shape index (κ1) is 20.9. The molecular formula is C16H19F3N4O3S. The van der Waals surface area contributed by atoms with Crippen LogP contribution in [0.4, 0.5) is 18.3 Å². The molecule has 0 atom stereocenters. The molecule has 2 N–H and O–H groups in total. The predicted molar refractivity (Wildman–Crippen MR) is 93.7 cm³/mol. The Morgan fingerprint density at radius 3 is 2.81 bits per heavy atom. The molecule has 0 saturated carbocycles. The fourth-order valence-electron chi connectivity index (χ4n) is 2.20. The first-order valence-corrected chi connectivity index (χ1v) is 8.92. The van der Waals surface area contributed by atoms with E-state index in [0.717, 1.165) is 4.90 Å². The van der Waals surface area contributed by atoms with Gasteiger partial charge in [0.2, 0.25) is 5.91 Å². The van der Waals surface area contributed by atoms with Crippen molar-refractivity contribution in [3.63, 3.8) is 0 Å². The highest BCUT2D eigenvalue weighted by Crippen LogP contribution is 2.17. The standard InChI is InChI=1S/C16H19F3N4O3S/c1-23(10-16(17,18)19)6-3-5-20-13(24)8-11-9-27-15(21-11)22-14(25)12-4-2-7-26-12/h2,4,7,9H,3,5-6,8,10H2,1H3,(H,20,24)(H,21,22,25). The quantitative estimate of drug-likeness (QED) is 0.627. The summed E-state index contributed by atoms with van der Waals surface area (Å²) in [5.74, 6) is -0.573. The predicted octanol–water partition coefficient (Wildman–Crippen LogP) is 2.53. The monoisotopic (exact) mass is 404 g/mol. The second-order valence-electron chi connectivity index (χ2n) is 5.81. The number of alkyl halides is 3. The number of rotatable bonds is 9. The molecule has 148 valence electrons. The van der Waals surface area contributed by atoms with Gasteiger partial charge in [-0.1, -0.05) is 0 Å². The van der Waals surface area contributed by atoms with Crippen LogP contribution >= 0.6 is 11.3 Å². The summed E-state index contributed by atoms with van der Waals surface area (Å²) in [5.41, 5.74) is 0.487. The van der Waals surface area contributed by atoms with E-state index < -0.39 is 18.6 Å². The molecule has 11 heteroatoms. The molecule has 2 aromatic rings. The molecule has 0 aliphatic heterocycles. The van der Waals surface area contributed by atoms with Gasteiger partial charge in [-0.3, -0.25) is 19.8 Å². The first-order valence-electron chi connectivity index (χ1n) is 8.04. The molecule has 2 heterocycles. The molecule has 2 rings (SSSR count). The zero-order valence-corrected chi connectivity index (χ0v) is 15.3. The van der Waals surface area contributed by atoms with Gasteiger partial charge >= 0.3 is 6.18 Å². The Bertz CT molecular complexity index is 746.